The quantitative estimate of drug-likeness (QED) is 0.579. The van der Waals surface area contributed by atoms with Gasteiger partial charge in [0.05, 0.1) is 6.61 Å². The highest BCUT2D eigenvalue weighted by molar-refractivity contribution is 5.88. The summed E-state index contributed by atoms with van der Waals surface area (Å²) in [5, 5.41) is 0. The van der Waals surface area contributed by atoms with Gasteiger partial charge in [-0.3, -0.25) is 9.59 Å². The maximum Gasteiger partial charge on any atom is 0.450 e. The molecule has 0 radical (unpaired) electrons. The molecule has 0 bridgehead atoms. The highest BCUT2D eigenvalue weighted by Gasteiger charge is 2.51. The Morgan fingerprint density at radius 1 is 1.12 bits per heavy atom. The van der Waals surface area contributed by atoms with Crippen molar-refractivity contribution >= 4 is 11.8 Å². The average molecular weight is 266 g/mol. The van der Waals surface area contributed by atoms with E-state index in [1.807, 2.05) is 0 Å². The number of ketones is 1. The van der Waals surface area contributed by atoms with E-state index in [4.69, 9.17) is 0 Å². The molecule has 0 N–H and O–H groups in total. The molecule has 0 aliphatic rings. The molecule has 0 rings (SSSR count). The summed E-state index contributed by atoms with van der Waals surface area (Å²) >= 11 is 0. The molecule has 0 aliphatic heterocycles. The van der Waals surface area contributed by atoms with Crippen LogP contribution in [0.2, 0.25) is 0 Å². The monoisotopic (exact) mass is 266 g/mol. The van der Waals surface area contributed by atoms with E-state index in [0.29, 0.717) is 0 Å². The zero-order chi connectivity index (χ0) is 13.9. The molecule has 0 unspecified atom stereocenters. The van der Waals surface area contributed by atoms with Crippen LogP contribution in [0, 0.1) is 5.92 Å². The summed E-state index contributed by atoms with van der Waals surface area (Å²) < 4.78 is 76.0. The van der Waals surface area contributed by atoms with Crippen molar-refractivity contribution < 1.29 is 40.7 Å². The van der Waals surface area contributed by atoms with Crippen LogP contribution in [0.25, 0.3) is 0 Å². The lowest BCUT2D eigenvalue weighted by atomic mass is 10.0. The van der Waals surface area contributed by atoms with Crippen molar-refractivity contribution in [2.75, 3.05) is 6.61 Å². The summed E-state index contributed by atoms with van der Waals surface area (Å²) in [6, 6.07) is 0. The number of hydrogen-bond donors (Lipinski definition) is 0. The summed E-state index contributed by atoms with van der Waals surface area (Å²) in [6.07, 6.45) is -12.7. The number of halogens is 6. The summed E-state index contributed by atoms with van der Waals surface area (Å²) in [7, 11) is 0. The van der Waals surface area contributed by atoms with E-state index in [1.54, 1.807) is 0 Å². The average Bonchev–Trinajstić information content (AvgIpc) is 2.10. The molecule has 0 saturated heterocycles. The maximum absolute atomic E-state index is 12.2. The normalized spacial score (nSPS) is 14.3. The first-order chi connectivity index (χ1) is 7.50. The molecule has 17 heavy (non-hydrogen) atoms. The number of carbonyl (C=O) groups is 2. The van der Waals surface area contributed by atoms with Gasteiger partial charge in [-0.15, -0.1) is 0 Å². The van der Waals surface area contributed by atoms with Crippen molar-refractivity contribution in [1.29, 1.82) is 0 Å². The lowest BCUT2D eigenvalue weighted by Gasteiger charge is -2.18. The Morgan fingerprint density at radius 3 is 1.88 bits per heavy atom. The van der Waals surface area contributed by atoms with Gasteiger partial charge in [0, 0.05) is 6.42 Å². The van der Waals surface area contributed by atoms with Crippen molar-refractivity contribution in [2.24, 2.45) is 5.92 Å². The van der Waals surface area contributed by atoms with Crippen molar-refractivity contribution in [3.8, 4) is 0 Å². The van der Waals surface area contributed by atoms with Gasteiger partial charge in [-0.1, -0.05) is 0 Å². The van der Waals surface area contributed by atoms with Gasteiger partial charge >= 0.3 is 18.3 Å². The van der Waals surface area contributed by atoms with Crippen LogP contribution in [-0.2, 0) is 14.3 Å². The Hall–Kier alpha value is -1.28. The van der Waals surface area contributed by atoms with Gasteiger partial charge < -0.3 is 4.74 Å². The Labute approximate surface area is 91.7 Å². The third kappa shape index (κ3) is 5.05. The number of alkyl halides is 6. The fourth-order valence-electron chi connectivity index (χ4n) is 0.877. The second-order valence-corrected chi connectivity index (χ2v) is 2.97. The Morgan fingerprint density at radius 2 is 1.59 bits per heavy atom. The van der Waals surface area contributed by atoms with Gasteiger partial charge in [-0.05, 0) is 6.92 Å². The molecular weight excluding hydrogens is 258 g/mol. The fraction of sp³-hybridized carbons (Fsp3) is 0.750. The Bertz CT molecular complexity index is 293. The van der Waals surface area contributed by atoms with E-state index in [1.165, 1.54) is 6.92 Å². The van der Waals surface area contributed by atoms with Crippen molar-refractivity contribution in [3.63, 3.8) is 0 Å². The number of carbonyl (C=O) groups excluding carboxylic acids is 2. The zero-order valence-corrected chi connectivity index (χ0v) is 8.48. The second-order valence-electron chi connectivity index (χ2n) is 2.97. The maximum atomic E-state index is 12.2. The number of Topliss-reactive ketones (excluding diaryl/α,β-unsaturated/α-hetero) is 1. The van der Waals surface area contributed by atoms with E-state index in [-0.39, 0.29) is 0 Å². The molecule has 0 saturated carbocycles. The summed E-state index contributed by atoms with van der Waals surface area (Å²) in [5.74, 6) is -7.60. The predicted molar refractivity (Wildman–Crippen MR) is 41.9 cm³/mol. The fourth-order valence-corrected chi connectivity index (χ4v) is 0.877. The minimum Gasteiger partial charge on any atom is -0.466 e. The standard InChI is InChI=1S/C8H8F6O3/c1-2-17-6(16)4(7(9,10)11)3-5(15)8(12,13)14/h4H,2-3H2,1H3/t4-/m1/s1. The van der Waals surface area contributed by atoms with Crippen LogP contribution in [0.5, 0.6) is 0 Å². The minimum atomic E-state index is -5.41. The molecule has 1 atom stereocenters. The van der Waals surface area contributed by atoms with Crippen molar-refractivity contribution in [2.45, 2.75) is 25.7 Å². The van der Waals surface area contributed by atoms with Crippen LogP contribution in [0.3, 0.4) is 0 Å². The zero-order valence-electron chi connectivity index (χ0n) is 8.48. The first-order valence-corrected chi connectivity index (χ1v) is 4.33. The lowest BCUT2D eigenvalue weighted by molar-refractivity contribution is -0.205. The highest BCUT2D eigenvalue weighted by atomic mass is 19.4. The first kappa shape index (κ1) is 15.7. The highest BCUT2D eigenvalue weighted by Crippen LogP contribution is 2.32. The molecule has 0 aromatic rings. The number of rotatable bonds is 4. The van der Waals surface area contributed by atoms with Gasteiger partial charge in [0.15, 0.2) is 5.92 Å². The van der Waals surface area contributed by atoms with Crippen LogP contribution < -0.4 is 0 Å². The van der Waals surface area contributed by atoms with E-state index >= 15 is 0 Å². The third-order valence-corrected chi connectivity index (χ3v) is 1.67. The molecule has 0 aliphatic carbocycles. The molecular formula is C8H8F6O3. The Kier molecular flexibility index (Phi) is 4.96. The molecule has 0 aromatic heterocycles. The summed E-state index contributed by atoms with van der Waals surface area (Å²) in [6.45, 7) is 0.766. The van der Waals surface area contributed by atoms with Crippen LogP contribution in [0.15, 0.2) is 0 Å². The molecule has 3 nitrogen and oxygen atoms in total. The third-order valence-electron chi connectivity index (χ3n) is 1.67. The summed E-state index contributed by atoms with van der Waals surface area (Å²) in [4.78, 5) is 21.2. The van der Waals surface area contributed by atoms with Crippen LogP contribution in [0.4, 0.5) is 26.3 Å². The summed E-state index contributed by atoms with van der Waals surface area (Å²) in [5.41, 5.74) is 0. The van der Waals surface area contributed by atoms with E-state index in [9.17, 15) is 35.9 Å². The van der Waals surface area contributed by atoms with E-state index in [2.05, 4.69) is 4.74 Å². The minimum absolute atomic E-state index is 0.425. The van der Waals surface area contributed by atoms with Gasteiger partial charge in [0.25, 0.3) is 0 Å². The second kappa shape index (κ2) is 5.37. The van der Waals surface area contributed by atoms with Gasteiger partial charge in [-0.25, -0.2) is 0 Å². The number of esters is 1. The predicted octanol–water partition coefficient (Wildman–Crippen LogP) is 2.25. The van der Waals surface area contributed by atoms with E-state index < -0.39 is 43.1 Å². The van der Waals surface area contributed by atoms with Crippen LogP contribution in [-0.4, -0.2) is 30.7 Å². The number of ether oxygens (including phenoxy) is 1. The molecule has 0 amide bonds. The van der Waals surface area contributed by atoms with Crippen LogP contribution >= 0.6 is 0 Å². The number of hydrogen-bond acceptors (Lipinski definition) is 3. The molecule has 9 heteroatoms. The smallest absolute Gasteiger partial charge is 0.450 e. The van der Waals surface area contributed by atoms with Gasteiger partial charge in [0.2, 0.25) is 5.78 Å². The molecule has 0 spiro atoms. The topological polar surface area (TPSA) is 43.4 Å². The molecule has 0 heterocycles. The molecule has 100 valence electrons. The SMILES string of the molecule is CCOC(=O)[C@@H](CC(=O)C(F)(F)F)C(F)(F)F. The lowest BCUT2D eigenvalue weighted by Crippen LogP contribution is -2.37. The first-order valence-electron chi connectivity index (χ1n) is 4.33. The van der Waals surface area contributed by atoms with Gasteiger partial charge in [-0.2, -0.15) is 26.3 Å². The van der Waals surface area contributed by atoms with Crippen molar-refractivity contribution in [1.82, 2.24) is 0 Å². The molecule has 0 aromatic carbocycles. The Balaban J connectivity index is 4.86. The molecule has 0 fully saturated rings. The van der Waals surface area contributed by atoms with E-state index in [0.717, 1.165) is 0 Å². The van der Waals surface area contributed by atoms with Gasteiger partial charge in [0.1, 0.15) is 0 Å². The van der Waals surface area contributed by atoms with Crippen LogP contribution in [0.1, 0.15) is 13.3 Å². The van der Waals surface area contributed by atoms with Crippen molar-refractivity contribution in [3.05, 3.63) is 0 Å². The largest absolute Gasteiger partial charge is 0.466 e.